The number of para-hydroxylation sites is 1. The van der Waals surface area contributed by atoms with Crippen molar-refractivity contribution in [2.45, 2.75) is 26.7 Å². The summed E-state index contributed by atoms with van der Waals surface area (Å²) in [4.78, 5) is 0. The molecule has 0 bridgehead atoms. The predicted molar refractivity (Wildman–Crippen MR) is 123 cm³/mol. The summed E-state index contributed by atoms with van der Waals surface area (Å²) in [5.41, 5.74) is 12.2. The highest BCUT2D eigenvalue weighted by atomic mass is 15.0. The lowest BCUT2D eigenvalue weighted by Crippen LogP contribution is -1.99. The van der Waals surface area contributed by atoms with Crippen LogP contribution in [0.3, 0.4) is 0 Å². The van der Waals surface area contributed by atoms with Crippen LogP contribution in [0.4, 0.5) is 0 Å². The van der Waals surface area contributed by atoms with Gasteiger partial charge >= 0.3 is 0 Å². The molecule has 0 aliphatic heterocycles. The highest BCUT2D eigenvalue weighted by Crippen LogP contribution is 2.49. The van der Waals surface area contributed by atoms with Crippen LogP contribution in [0.2, 0.25) is 0 Å². The summed E-state index contributed by atoms with van der Waals surface area (Å²) in [6.45, 7) is 6.74. The molecule has 5 aromatic rings. The fourth-order valence-electron chi connectivity index (χ4n) is 5.16. The summed E-state index contributed by atoms with van der Waals surface area (Å²) in [7, 11) is 0. The lowest BCUT2D eigenvalue weighted by Gasteiger charge is -2.15. The molecule has 0 amide bonds. The Hall–Kier alpha value is -3.32. The monoisotopic (exact) mass is 373 g/mol. The molecular weight excluding hydrogens is 350 g/mol. The van der Waals surface area contributed by atoms with Gasteiger partial charge in [-0.25, -0.2) is 0 Å². The number of rotatable bonds is 1. The van der Waals surface area contributed by atoms with Gasteiger partial charge in [-0.3, -0.25) is 0 Å². The normalized spacial score (nSPS) is 15.1. The first kappa shape index (κ1) is 16.6. The number of nitrogens with zero attached hydrogens (tertiary/aromatic N) is 1. The Morgan fingerprint density at radius 1 is 0.690 bits per heavy atom. The van der Waals surface area contributed by atoms with Crippen LogP contribution >= 0.6 is 0 Å². The largest absolute Gasteiger partial charge is 0.309 e. The maximum atomic E-state index is 2.48. The molecule has 0 N–H and O–H groups in total. The molecule has 0 saturated heterocycles. The van der Waals surface area contributed by atoms with Gasteiger partial charge in [0, 0.05) is 22.4 Å². The molecule has 1 heterocycles. The van der Waals surface area contributed by atoms with Crippen LogP contribution < -0.4 is 0 Å². The minimum atomic E-state index is 0.388. The van der Waals surface area contributed by atoms with Crippen molar-refractivity contribution in [1.82, 2.24) is 4.57 Å². The molecule has 29 heavy (non-hydrogen) atoms. The van der Waals surface area contributed by atoms with Gasteiger partial charge in [0.05, 0.1) is 11.0 Å². The average molecular weight is 373 g/mol. The minimum Gasteiger partial charge on any atom is -0.309 e. The number of hydrogen-bond acceptors (Lipinski definition) is 0. The van der Waals surface area contributed by atoms with E-state index in [1.54, 1.807) is 0 Å². The summed E-state index contributed by atoms with van der Waals surface area (Å²) < 4.78 is 2.48. The smallest absolute Gasteiger partial charge is 0.0585 e. The van der Waals surface area contributed by atoms with E-state index in [9.17, 15) is 0 Å². The van der Waals surface area contributed by atoms with Crippen molar-refractivity contribution < 1.29 is 0 Å². The number of fused-ring (bicyclic) bond motifs is 7. The molecule has 1 aliphatic carbocycles. The van der Waals surface area contributed by atoms with E-state index in [0.717, 1.165) is 0 Å². The van der Waals surface area contributed by atoms with Crippen molar-refractivity contribution in [2.24, 2.45) is 0 Å². The molecule has 1 aromatic heterocycles. The summed E-state index contributed by atoms with van der Waals surface area (Å²) in [6, 6.07) is 29.2. The van der Waals surface area contributed by atoms with Gasteiger partial charge in [0.1, 0.15) is 0 Å². The third kappa shape index (κ3) is 2.16. The van der Waals surface area contributed by atoms with Gasteiger partial charge in [0.25, 0.3) is 0 Å². The molecule has 1 atom stereocenters. The highest BCUT2D eigenvalue weighted by Gasteiger charge is 2.29. The zero-order valence-electron chi connectivity index (χ0n) is 17.0. The van der Waals surface area contributed by atoms with Crippen LogP contribution in [0.5, 0.6) is 0 Å². The van der Waals surface area contributed by atoms with Crippen molar-refractivity contribution in [3.8, 4) is 16.8 Å². The quantitative estimate of drug-likeness (QED) is 0.286. The van der Waals surface area contributed by atoms with Gasteiger partial charge in [-0.05, 0) is 65.4 Å². The van der Waals surface area contributed by atoms with Gasteiger partial charge in [-0.2, -0.15) is 0 Å². The second-order valence-corrected chi connectivity index (χ2v) is 8.35. The topological polar surface area (TPSA) is 4.93 Å². The molecule has 1 unspecified atom stereocenters. The zero-order chi connectivity index (χ0) is 19.7. The minimum absolute atomic E-state index is 0.388. The van der Waals surface area contributed by atoms with Gasteiger partial charge in [-0.15, -0.1) is 0 Å². The number of benzene rings is 4. The first-order chi connectivity index (χ1) is 14.1. The summed E-state index contributed by atoms with van der Waals surface area (Å²) in [5, 5.41) is 2.67. The Morgan fingerprint density at radius 2 is 1.48 bits per heavy atom. The van der Waals surface area contributed by atoms with E-state index < -0.39 is 0 Å². The molecule has 140 valence electrons. The summed E-state index contributed by atoms with van der Waals surface area (Å²) >= 11 is 0. The number of aryl methyl sites for hydroxylation is 2. The second-order valence-electron chi connectivity index (χ2n) is 8.35. The number of aromatic nitrogens is 1. The van der Waals surface area contributed by atoms with Crippen LogP contribution in [0.1, 0.15) is 35.1 Å². The van der Waals surface area contributed by atoms with E-state index in [4.69, 9.17) is 0 Å². The van der Waals surface area contributed by atoms with Crippen LogP contribution in [0, 0.1) is 13.8 Å². The molecule has 0 spiro atoms. The SMILES string of the molecule is Cc1ccc(-n2c3ccccc3c3ccc4c(c32)C(C)c2ccccc2-4)cc1C. The van der Waals surface area contributed by atoms with E-state index in [1.165, 1.54) is 60.9 Å². The van der Waals surface area contributed by atoms with Gasteiger partial charge in [0.2, 0.25) is 0 Å². The van der Waals surface area contributed by atoms with Crippen molar-refractivity contribution >= 4 is 21.8 Å². The fourth-order valence-corrected chi connectivity index (χ4v) is 5.16. The molecule has 1 nitrogen and oxygen atoms in total. The van der Waals surface area contributed by atoms with E-state index in [1.807, 2.05) is 0 Å². The Bertz CT molecular complexity index is 1430. The van der Waals surface area contributed by atoms with Gasteiger partial charge < -0.3 is 4.57 Å². The van der Waals surface area contributed by atoms with Crippen LogP contribution in [0.25, 0.3) is 38.6 Å². The Morgan fingerprint density at radius 3 is 2.34 bits per heavy atom. The van der Waals surface area contributed by atoms with Crippen molar-refractivity contribution in [3.05, 3.63) is 101 Å². The van der Waals surface area contributed by atoms with E-state index in [-0.39, 0.29) is 0 Å². The van der Waals surface area contributed by atoms with Crippen molar-refractivity contribution in [2.75, 3.05) is 0 Å². The standard InChI is InChI=1S/C28H23N/c1-17-12-13-20(16-18(17)2)29-26-11-7-6-10-23(26)25-15-14-24-22-9-5-4-8-21(22)19(3)27(24)28(25)29/h4-16,19H,1-3H3. The Kier molecular flexibility index (Phi) is 3.35. The lowest BCUT2D eigenvalue weighted by atomic mass is 9.97. The summed E-state index contributed by atoms with van der Waals surface area (Å²) in [6.07, 6.45) is 0. The molecular formula is C28H23N. The van der Waals surface area contributed by atoms with Crippen LogP contribution in [-0.4, -0.2) is 4.57 Å². The molecule has 4 aromatic carbocycles. The molecule has 1 heteroatoms. The van der Waals surface area contributed by atoms with Crippen LogP contribution in [-0.2, 0) is 0 Å². The third-order valence-corrected chi connectivity index (χ3v) is 6.77. The first-order valence-corrected chi connectivity index (χ1v) is 10.4. The van der Waals surface area contributed by atoms with E-state index >= 15 is 0 Å². The summed E-state index contributed by atoms with van der Waals surface area (Å²) in [5.74, 6) is 0.388. The Balaban J connectivity index is 1.81. The van der Waals surface area contributed by atoms with Crippen molar-refractivity contribution in [3.63, 3.8) is 0 Å². The third-order valence-electron chi connectivity index (χ3n) is 6.77. The zero-order valence-corrected chi connectivity index (χ0v) is 17.0. The van der Waals surface area contributed by atoms with E-state index in [0.29, 0.717) is 5.92 Å². The first-order valence-electron chi connectivity index (χ1n) is 10.4. The van der Waals surface area contributed by atoms with Crippen molar-refractivity contribution in [1.29, 1.82) is 0 Å². The van der Waals surface area contributed by atoms with Gasteiger partial charge in [0.15, 0.2) is 0 Å². The maximum Gasteiger partial charge on any atom is 0.0585 e. The van der Waals surface area contributed by atoms with E-state index in [2.05, 4.69) is 104 Å². The molecule has 1 aliphatic rings. The molecule has 0 radical (unpaired) electrons. The Labute approximate surface area is 171 Å². The molecule has 6 rings (SSSR count). The lowest BCUT2D eigenvalue weighted by molar-refractivity contribution is 0.956. The maximum absolute atomic E-state index is 2.48. The molecule has 0 fully saturated rings. The predicted octanol–water partition coefficient (Wildman–Crippen LogP) is 7.53. The van der Waals surface area contributed by atoms with Gasteiger partial charge in [-0.1, -0.05) is 67.6 Å². The molecule has 0 saturated carbocycles. The van der Waals surface area contributed by atoms with Crippen LogP contribution in [0.15, 0.2) is 78.9 Å². The number of hydrogen-bond donors (Lipinski definition) is 0. The second kappa shape index (κ2) is 5.84. The average Bonchev–Trinajstić information content (AvgIpc) is 3.23. The highest BCUT2D eigenvalue weighted by molar-refractivity contribution is 6.12. The fraction of sp³-hybridized carbons (Fsp3) is 0.143.